The van der Waals surface area contributed by atoms with E-state index in [1.54, 1.807) is 32.2 Å². The van der Waals surface area contributed by atoms with Crippen LogP contribution in [0, 0.1) is 0 Å². The van der Waals surface area contributed by atoms with Gasteiger partial charge in [0.25, 0.3) is 5.56 Å². The van der Waals surface area contributed by atoms with Gasteiger partial charge in [-0.3, -0.25) is 4.79 Å². The summed E-state index contributed by atoms with van der Waals surface area (Å²) in [5.74, 6) is 0.214. The Hall–Kier alpha value is -2.63. The highest BCUT2D eigenvalue weighted by Gasteiger charge is 2.18. The molecule has 6 nitrogen and oxygen atoms in total. The van der Waals surface area contributed by atoms with E-state index in [1.165, 1.54) is 13.2 Å². The van der Waals surface area contributed by atoms with Gasteiger partial charge in [-0.15, -0.1) is 0 Å². The third-order valence-corrected chi connectivity index (χ3v) is 3.12. The number of nitrogens with zero attached hydrogens (tertiary/aromatic N) is 2. The number of aromatic nitrogens is 2. The molecule has 1 atom stereocenters. The molecule has 2 rings (SSSR count). The summed E-state index contributed by atoms with van der Waals surface area (Å²) in [7, 11) is 2.86. The molecule has 6 heteroatoms. The monoisotopic (exact) mass is 288 g/mol. The second kappa shape index (κ2) is 6.21. The number of carbonyl (C=O) groups excluding carboxylic acids is 1. The lowest BCUT2D eigenvalue weighted by atomic mass is 10.1. The first kappa shape index (κ1) is 14.8. The fraction of sp³-hybridized carbons (Fsp3) is 0.267. The van der Waals surface area contributed by atoms with Crippen LogP contribution in [0.2, 0.25) is 0 Å². The topological polar surface area (TPSA) is 70.4 Å². The molecule has 0 aliphatic carbocycles. The van der Waals surface area contributed by atoms with Gasteiger partial charge in [0.15, 0.2) is 6.04 Å². The van der Waals surface area contributed by atoms with Crippen LogP contribution < -0.4 is 10.3 Å². The number of hydrogen-bond acceptors (Lipinski definition) is 5. The molecule has 0 radical (unpaired) electrons. The molecule has 0 saturated carbocycles. The van der Waals surface area contributed by atoms with Gasteiger partial charge in [-0.05, 0) is 37.3 Å². The molecule has 1 heterocycles. The highest BCUT2D eigenvalue weighted by molar-refractivity contribution is 5.73. The normalized spacial score (nSPS) is 11.8. The largest absolute Gasteiger partial charge is 0.497 e. The lowest BCUT2D eigenvalue weighted by Crippen LogP contribution is -2.30. The quantitative estimate of drug-likeness (QED) is 0.800. The second-order valence-corrected chi connectivity index (χ2v) is 4.43. The summed E-state index contributed by atoms with van der Waals surface area (Å²) in [6.07, 6.45) is 0. The van der Waals surface area contributed by atoms with Crippen molar-refractivity contribution in [2.45, 2.75) is 13.0 Å². The van der Waals surface area contributed by atoms with Gasteiger partial charge in [0.2, 0.25) is 0 Å². The Morgan fingerprint density at radius 3 is 2.38 bits per heavy atom. The average molecular weight is 288 g/mol. The molecular weight excluding hydrogens is 272 g/mol. The zero-order chi connectivity index (χ0) is 15.4. The Kier molecular flexibility index (Phi) is 4.37. The van der Waals surface area contributed by atoms with Gasteiger partial charge in [-0.2, -0.15) is 5.10 Å². The van der Waals surface area contributed by atoms with Crippen LogP contribution in [0.3, 0.4) is 0 Å². The Labute approximate surface area is 121 Å². The Balaban J connectivity index is 2.42. The van der Waals surface area contributed by atoms with Gasteiger partial charge < -0.3 is 9.47 Å². The fourth-order valence-corrected chi connectivity index (χ4v) is 1.89. The van der Waals surface area contributed by atoms with Crippen molar-refractivity contribution in [3.05, 3.63) is 46.8 Å². The number of carbonyl (C=O) groups is 1. The van der Waals surface area contributed by atoms with Crippen molar-refractivity contribution >= 4 is 5.97 Å². The second-order valence-electron chi connectivity index (χ2n) is 4.43. The van der Waals surface area contributed by atoms with Crippen molar-refractivity contribution in [2.75, 3.05) is 14.2 Å². The van der Waals surface area contributed by atoms with Crippen molar-refractivity contribution in [1.82, 2.24) is 9.78 Å². The van der Waals surface area contributed by atoms with Crippen LogP contribution in [0.25, 0.3) is 11.3 Å². The Bertz CT molecular complexity index is 692. The first-order valence-electron chi connectivity index (χ1n) is 6.39. The molecule has 0 unspecified atom stereocenters. The van der Waals surface area contributed by atoms with Crippen LogP contribution in [0.1, 0.15) is 13.0 Å². The van der Waals surface area contributed by atoms with E-state index in [-0.39, 0.29) is 5.56 Å². The number of esters is 1. The summed E-state index contributed by atoms with van der Waals surface area (Å²) >= 11 is 0. The van der Waals surface area contributed by atoms with Crippen LogP contribution in [-0.2, 0) is 9.53 Å². The smallest absolute Gasteiger partial charge is 0.330 e. The van der Waals surface area contributed by atoms with Crippen LogP contribution in [0.4, 0.5) is 0 Å². The maximum atomic E-state index is 11.8. The van der Waals surface area contributed by atoms with E-state index >= 15 is 0 Å². The first-order valence-corrected chi connectivity index (χ1v) is 6.39. The zero-order valence-corrected chi connectivity index (χ0v) is 12.1. The lowest BCUT2D eigenvalue weighted by Gasteiger charge is -2.12. The van der Waals surface area contributed by atoms with Crippen LogP contribution in [0.5, 0.6) is 5.75 Å². The number of benzene rings is 1. The van der Waals surface area contributed by atoms with Crippen LogP contribution >= 0.6 is 0 Å². The summed E-state index contributed by atoms with van der Waals surface area (Å²) in [6.45, 7) is 1.57. The third-order valence-electron chi connectivity index (χ3n) is 3.12. The molecular formula is C15H16N2O4. The Morgan fingerprint density at radius 2 is 1.81 bits per heavy atom. The van der Waals surface area contributed by atoms with Crippen molar-refractivity contribution in [1.29, 1.82) is 0 Å². The number of hydrogen-bond donors (Lipinski definition) is 0. The molecule has 0 aliphatic heterocycles. The maximum absolute atomic E-state index is 11.8. The predicted molar refractivity (Wildman–Crippen MR) is 77.2 cm³/mol. The van der Waals surface area contributed by atoms with Gasteiger partial charge in [-0.25, -0.2) is 9.48 Å². The molecule has 1 aromatic heterocycles. The number of rotatable bonds is 4. The van der Waals surface area contributed by atoms with Gasteiger partial charge in [0.1, 0.15) is 5.75 Å². The van der Waals surface area contributed by atoms with Crippen molar-refractivity contribution in [3.8, 4) is 17.0 Å². The number of ether oxygens (including phenoxy) is 2. The first-order chi connectivity index (χ1) is 10.1. The van der Waals surface area contributed by atoms with Crippen LogP contribution in [-0.4, -0.2) is 30.0 Å². The molecule has 0 aliphatic rings. The highest BCUT2D eigenvalue weighted by atomic mass is 16.5. The molecule has 0 spiro atoms. The van der Waals surface area contributed by atoms with Gasteiger partial charge in [0.05, 0.1) is 19.9 Å². The lowest BCUT2D eigenvalue weighted by molar-refractivity contribution is -0.144. The van der Waals surface area contributed by atoms with Gasteiger partial charge in [-0.1, -0.05) is 0 Å². The average Bonchev–Trinajstić information content (AvgIpc) is 2.54. The van der Waals surface area contributed by atoms with E-state index in [2.05, 4.69) is 9.84 Å². The Morgan fingerprint density at radius 1 is 1.14 bits per heavy atom. The minimum absolute atomic E-state index is 0.356. The summed E-state index contributed by atoms with van der Waals surface area (Å²) in [5.41, 5.74) is 1.06. The summed E-state index contributed by atoms with van der Waals surface area (Å²) < 4.78 is 10.9. The minimum Gasteiger partial charge on any atom is -0.497 e. The summed E-state index contributed by atoms with van der Waals surface area (Å²) in [4.78, 5) is 23.4. The molecule has 110 valence electrons. The molecule has 0 saturated heterocycles. The van der Waals surface area contributed by atoms with Crippen molar-refractivity contribution in [3.63, 3.8) is 0 Å². The highest BCUT2D eigenvalue weighted by Crippen LogP contribution is 2.20. The maximum Gasteiger partial charge on any atom is 0.330 e. The molecule has 0 amide bonds. The molecule has 0 bridgehead atoms. The summed E-state index contributed by atoms with van der Waals surface area (Å²) in [6, 6.07) is 9.49. The molecule has 0 fully saturated rings. The van der Waals surface area contributed by atoms with E-state index in [4.69, 9.17) is 4.74 Å². The fourth-order valence-electron chi connectivity index (χ4n) is 1.89. The SMILES string of the molecule is COC(=O)[C@H](C)n1nc(-c2ccc(OC)cc2)ccc1=O. The zero-order valence-electron chi connectivity index (χ0n) is 12.1. The van der Waals surface area contributed by atoms with E-state index in [0.29, 0.717) is 5.69 Å². The van der Waals surface area contributed by atoms with Crippen LogP contribution in [0.15, 0.2) is 41.2 Å². The van der Waals surface area contributed by atoms with E-state index in [1.807, 2.05) is 12.1 Å². The molecule has 2 aromatic rings. The molecule has 1 aromatic carbocycles. The van der Waals surface area contributed by atoms with E-state index in [9.17, 15) is 9.59 Å². The van der Waals surface area contributed by atoms with Gasteiger partial charge >= 0.3 is 5.97 Å². The molecule has 21 heavy (non-hydrogen) atoms. The van der Waals surface area contributed by atoms with Gasteiger partial charge in [0, 0.05) is 11.6 Å². The molecule has 0 N–H and O–H groups in total. The van der Waals surface area contributed by atoms with Crippen molar-refractivity contribution in [2.24, 2.45) is 0 Å². The van der Waals surface area contributed by atoms with Crippen molar-refractivity contribution < 1.29 is 14.3 Å². The predicted octanol–water partition coefficient (Wildman–Crippen LogP) is 1.65. The minimum atomic E-state index is -0.777. The van der Waals surface area contributed by atoms with E-state index in [0.717, 1.165) is 16.0 Å². The third kappa shape index (κ3) is 3.10. The standard InChI is InChI=1S/C15H16N2O4/c1-10(15(19)21-3)17-14(18)9-8-13(16-17)11-4-6-12(20-2)7-5-11/h4-10H,1-3H3/t10-/m0/s1. The summed E-state index contributed by atoms with van der Waals surface area (Å²) in [5, 5.41) is 4.23. The van der Waals surface area contributed by atoms with E-state index < -0.39 is 12.0 Å². The number of methoxy groups -OCH3 is 2.